The van der Waals surface area contributed by atoms with Crippen LogP contribution in [0.4, 0.5) is 0 Å². The zero-order valence-electron chi connectivity index (χ0n) is 33.9. The van der Waals surface area contributed by atoms with E-state index in [2.05, 4.69) is 36.4 Å². The molecular weight excluding hydrogens is 623 g/mol. The molecule has 0 aliphatic rings. The first kappa shape index (κ1) is 19.8. The second-order valence-electron chi connectivity index (χ2n) is 11.3. The Labute approximate surface area is 297 Å². The highest BCUT2D eigenvalue weighted by molar-refractivity contribution is 7.27. The molecule has 0 bridgehead atoms. The molecule has 0 unspecified atom stereocenters. The maximum atomic E-state index is 9.23. The Morgan fingerprint density at radius 1 is 0.438 bits per heavy atom. The number of fused-ring (bicyclic) bond motifs is 8. The molecule has 10 rings (SSSR count). The van der Waals surface area contributed by atoms with Gasteiger partial charge in [0.25, 0.3) is 0 Å². The van der Waals surface area contributed by atoms with Crippen molar-refractivity contribution in [3.63, 3.8) is 0 Å². The van der Waals surface area contributed by atoms with Crippen molar-refractivity contribution >= 4 is 73.8 Å². The minimum atomic E-state index is -0.513. The number of aromatic nitrogens is 3. The van der Waals surface area contributed by atoms with E-state index in [4.69, 9.17) is 25.9 Å². The van der Waals surface area contributed by atoms with Crippen molar-refractivity contribution in [1.82, 2.24) is 15.0 Å². The largest absolute Gasteiger partial charge is 0.208 e. The summed E-state index contributed by atoms with van der Waals surface area (Å²) in [5.74, 6) is 0.717. The van der Waals surface area contributed by atoms with E-state index in [0.29, 0.717) is 27.5 Å². The fraction of sp³-hybridized carbons (Fsp3) is 0. The predicted molar refractivity (Wildman–Crippen MR) is 205 cm³/mol. The van der Waals surface area contributed by atoms with E-state index in [1.807, 2.05) is 60.7 Å². The van der Waals surface area contributed by atoms with Crippen LogP contribution in [0, 0.1) is 0 Å². The van der Waals surface area contributed by atoms with E-state index in [1.54, 1.807) is 11.3 Å². The molecule has 0 saturated heterocycles. The molecule has 0 radical (unpaired) electrons. The molecule has 0 spiro atoms. The van der Waals surface area contributed by atoms with E-state index in [0.717, 1.165) is 42.6 Å². The van der Waals surface area contributed by atoms with Crippen molar-refractivity contribution < 1.29 is 12.3 Å². The van der Waals surface area contributed by atoms with Gasteiger partial charge in [0.1, 0.15) is 0 Å². The lowest BCUT2D eigenvalue weighted by Crippen LogP contribution is -2.00. The molecule has 3 nitrogen and oxygen atoms in total. The number of nitrogens with zero attached hydrogens (tertiary/aromatic N) is 3. The number of thiophene rings is 2. The van der Waals surface area contributed by atoms with Gasteiger partial charge in [0.2, 0.25) is 0 Å². The van der Waals surface area contributed by atoms with Crippen molar-refractivity contribution in [2.45, 2.75) is 0 Å². The summed E-state index contributed by atoms with van der Waals surface area (Å²) in [6.45, 7) is 0. The molecule has 0 amide bonds. The van der Waals surface area contributed by atoms with Gasteiger partial charge in [-0.3, -0.25) is 0 Å². The molecule has 0 aliphatic heterocycles. The van der Waals surface area contributed by atoms with Crippen LogP contribution in [-0.4, -0.2) is 15.0 Å². The topological polar surface area (TPSA) is 38.7 Å². The quantitative estimate of drug-likeness (QED) is 0.189. The first-order valence-corrected chi connectivity index (χ1v) is 16.8. The van der Waals surface area contributed by atoms with Crippen molar-refractivity contribution in [3.05, 3.63) is 151 Å². The number of benzene rings is 7. The number of rotatable bonds is 4. The van der Waals surface area contributed by atoms with Crippen molar-refractivity contribution in [2.75, 3.05) is 0 Å². The molecule has 0 saturated carbocycles. The van der Waals surface area contributed by atoms with Crippen LogP contribution in [-0.2, 0) is 0 Å². The van der Waals surface area contributed by atoms with Crippen LogP contribution >= 0.6 is 22.7 Å². The van der Waals surface area contributed by atoms with Crippen LogP contribution in [0.1, 0.15) is 12.3 Å². The Bertz CT molecular complexity index is 3350. The van der Waals surface area contributed by atoms with Gasteiger partial charge in [-0.05, 0) is 40.1 Å². The van der Waals surface area contributed by atoms with E-state index >= 15 is 0 Å². The zero-order chi connectivity index (χ0) is 39.4. The fourth-order valence-corrected chi connectivity index (χ4v) is 8.64. The van der Waals surface area contributed by atoms with Gasteiger partial charge < -0.3 is 0 Å². The highest BCUT2D eigenvalue weighted by Crippen LogP contribution is 2.44. The first-order valence-electron chi connectivity index (χ1n) is 19.7. The molecule has 224 valence electrons. The van der Waals surface area contributed by atoms with Gasteiger partial charge in [-0.25, -0.2) is 15.0 Å². The standard InChI is InChI=1S/C43H25N3S2/c1-3-11-26(12-4-1)30-17-10-20-36-38(30)34-24-22-29(25-37(34)47-36)42-44-41(28-14-5-2-6-15-28)45-43(46-42)35-19-9-18-32-33-23-21-27-13-7-8-16-31(27)39(33)48-40(32)35/h1-25H/i7D,8D,9D,13D,16D,18D,19D,21D,23D. The van der Waals surface area contributed by atoms with Crippen LogP contribution in [0.2, 0.25) is 0 Å². The third-order valence-corrected chi connectivity index (χ3v) is 10.8. The maximum Gasteiger partial charge on any atom is 0.165 e. The smallest absolute Gasteiger partial charge is 0.165 e. The molecule has 0 N–H and O–H groups in total. The van der Waals surface area contributed by atoms with E-state index < -0.39 is 30.2 Å². The summed E-state index contributed by atoms with van der Waals surface area (Å²) in [6, 6.07) is 28.4. The molecule has 0 atom stereocenters. The Morgan fingerprint density at radius 3 is 2.02 bits per heavy atom. The molecule has 48 heavy (non-hydrogen) atoms. The van der Waals surface area contributed by atoms with Crippen LogP contribution in [0.5, 0.6) is 0 Å². The zero-order valence-corrected chi connectivity index (χ0v) is 26.5. The summed E-state index contributed by atoms with van der Waals surface area (Å²) in [6.07, 6.45) is 0. The van der Waals surface area contributed by atoms with Gasteiger partial charge in [-0.1, -0.05) is 133 Å². The van der Waals surface area contributed by atoms with Crippen LogP contribution in [0.25, 0.3) is 96.4 Å². The highest BCUT2D eigenvalue weighted by atomic mass is 32.1. The summed E-state index contributed by atoms with van der Waals surface area (Å²) >= 11 is 2.71. The molecule has 3 aromatic heterocycles. The van der Waals surface area contributed by atoms with Gasteiger partial charge in [0, 0.05) is 57.0 Å². The van der Waals surface area contributed by atoms with Gasteiger partial charge in [-0.2, -0.15) is 0 Å². The summed E-state index contributed by atoms with van der Waals surface area (Å²) in [5.41, 5.74) is 3.78. The highest BCUT2D eigenvalue weighted by Gasteiger charge is 2.18. The Hall–Kier alpha value is -5.75. The molecule has 7 aromatic carbocycles. The Morgan fingerprint density at radius 2 is 1.17 bits per heavy atom. The number of hydrogen-bond donors (Lipinski definition) is 0. The molecular formula is C43H25N3S2. The predicted octanol–water partition coefficient (Wildman–Crippen LogP) is 12.4. The molecule has 0 fully saturated rings. The van der Waals surface area contributed by atoms with E-state index in [9.17, 15) is 1.37 Å². The van der Waals surface area contributed by atoms with E-state index in [1.165, 1.54) is 0 Å². The third kappa shape index (κ3) is 4.36. The number of hydrogen-bond acceptors (Lipinski definition) is 5. The summed E-state index contributed by atoms with van der Waals surface area (Å²) in [7, 11) is 0. The maximum absolute atomic E-state index is 9.23. The lowest BCUT2D eigenvalue weighted by Gasteiger charge is -2.09. The third-order valence-electron chi connectivity index (χ3n) is 8.47. The van der Waals surface area contributed by atoms with Crippen LogP contribution in [0.3, 0.4) is 0 Å². The summed E-state index contributed by atoms with van der Waals surface area (Å²) < 4.78 is 81.9. The second kappa shape index (κ2) is 10.9. The van der Waals surface area contributed by atoms with Crippen LogP contribution < -0.4 is 0 Å². The summed E-state index contributed by atoms with van der Waals surface area (Å²) in [5, 5.41) is 2.43. The Balaban J connectivity index is 1.26. The van der Waals surface area contributed by atoms with Crippen LogP contribution in [0.15, 0.2) is 151 Å². The van der Waals surface area contributed by atoms with Crippen molar-refractivity contribution in [2.24, 2.45) is 0 Å². The van der Waals surface area contributed by atoms with Gasteiger partial charge in [-0.15, -0.1) is 22.7 Å². The van der Waals surface area contributed by atoms with Gasteiger partial charge in [0.15, 0.2) is 17.5 Å². The van der Waals surface area contributed by atoms with Crippen molar-refractivity contribution in [3.8, 4) is 45.3 Å². The minimum absolute atomic E-state index is 0.0509. The molecule has 5 heteroatoms. The SMILES string of the molecule is [2H]c1c([2H])c([2H])c2c(sc3c4c([2H])c([2H])c([2H])c([2H])c4c([2H])c([2H])c32)c1-c1nc(-c2ccccc2)nc(-c2ccc3c(c2)sc2cccc(-c4ccccc4)c23)n1. The lowest BCUT2D eigenvalue weighted by atomic mass is 9.99. The molecule has 3 heterocycles. The normalized spacial score (nSPS) is 14.4. The second-order valence-corrected chi connectivity index (χ2v) is 13.4. The van der Waals surface area contributed by atoms with E-state index in [-0.39, 0.29) is 61.8 Å². The Kier molecular flexibility index (Phi) is 4.50. The average Bonchev–Trinajstić information content (AvgIpc) is 3.82. The molecule has 10 aromatic rings. The molecule has 0 aliphatic carbocycles. The minimum Gasteiger partial charge on any atom is -0.208 e. The average molecular weight is 657 g/mol. The van der Waals surface area contributed by atoms with Crippen molar-refractivity contribution in [1.29, 1.82) is 0 Å². The lowest BCUT2D eigenvalue weighted by molar-refractivity contribution is 1.08. The van der Waals surface area contributed by atoms with Gasteiger partial charge in [0.05, 0.1) is 12.3 Å². The monoisotopic (exact) mass is 656 g/mol. The fourth-order valence-electron chi connectivity index (χ4n) is 6.25. The van der Waals surface area contributed by atoms with Gasteiger partial charge >= 0.3 is 0 Å². The summed E-state index contributed by atoms with van der Waals surface area (Å²) in [4.78, 5) is 14.8. The first-order chi connectivity index (χ1) is 27.5.